The Hall–Kier alpha value is -0.930. The number of pyridine rings is 1. The first kappa shape index (κ1) is 8.66. The van der Waals surface area contributed by atoms with Gasteiger partial charge in [-0.2, -0.15) is 0 Å². The Morgan fingerprint density at radius 2 is 2.31 bits per heavy atom. The van der Waals surface area contributed by atoms with Gasteiger partial charge in [-0.25, -0.2) is 0 Å². The fraction of sp³-hybridized carbons (Fsp3) is 0.500. The summed E-state index contributed by atoms with van der Waals surface area (Å²) in [5.41, 5.74) is 8.20. The Bertz CT molecular complexity index is 292. The van der Waals surface area contributed by atoms with E-state index in [0.29, 0.717) is 6.04 Å². The van der Waals surface area contributed by atoms with Crippen molar-refractivity contribution in [2.24, 2.45) is 5.73 Å². The van der Waals surface area contributed by atoms with Crippen LogP contribution in [0, 0.1) is 6.92 Å². The van der Waals surface area contributed by atoms with Gasteiger partial charge in [0.05, 0.1) is 0 Å². The Balaban J connectivity index is 1.94. The van der Waals surface area contributed by atoms with Crippen LogP contribution in [0.4, 0.5) is 0 Å². The molecule has 0 bridgehead atoms. The van der Waals surface area contributed by atoms with Crippen molar-refractivity contribution in [3.8, 4) is 0 Å². The second kappa shape index (κ2) is 3.44. The van der Waals surface area contributed by atoms with Gasteiger partial charge < -0.3 is 5.73 Å². The minimum absolute atomic E-state index is 0.387. The van der Waals surface area contributed by atoms with E-state index in [9.17, 15) is 0 Å². The third kappa shape index (κ3) is 2.05. The molecule has 1 fully saturated rings. The van der Waals surface area contributed by atoms with E-state index in [1.807, 2.05) is 12.4 Å². The van der Waals surface area contributed by atoms with Crippen molar-refractivity contribution in [2.45, 2.75) is 19.5 Å². The van der Waals surface area contributed by atoms with Gasteiger partial charge in [0.1, 0.15) is 0 Å². The zero-order valence-electron chi connectivity index (χ0n) is 7.90. The van der Waals surface area contributed by atoms with Crippen molar-refractivity contribution >= 4 is 0 Å². The van der Waals surface area contributed by atoms with Gasteiger partial charge in [0.2, 0.25) is 0 Å². The number of aromatic nitrogens is 1. The molecule has 0 atom stereocenters. The van der Waals surface area contributed by atoms with E-state index in [1.54, 1.807) is 0 Å². The number of nitrogens with zero attached hydrogens (tertiary/aromatic N) is 2. The van der Waals surface area contributed by atoms with E-state index in [1.165, 1.54) is 11.1 Å². The lowest BCUT2D eigenvalue weighted by Crippen LogP contribution is -2.54. The highest BCUT2D eigenvalue weighted by Crippen LogP contribution is 2.11. The molecule has 0 spiro atoms. The largest absolute Gasteiger partial charge is 0.325 e. The SMILES string of the molecule is Cc1cncc(CN2CC(N)C2)c1. The molecule has 2 N–H and O–H groups in total. The van der Waals surface area contributed by atoms with E-state index in [4.69, 9.17) is 5.73 Å². The van der Waals surface area contributed by atoms with E-state index < -0.39 is 0 Å². The maximum atomic E-state index is 5.70. The molecule has 1 saturated heterocycles. The van der Waals surface area contributed by atoms with Gasteiger partial charge in [-0.1, -0.05) is 6.07 Å². The third-order valence-electron chi connectivity index (χ3n) is 2.32. The van der Waals surface area contributed by atoms with Crippen LogP contribution in [0.15, 0.2) is 18.5 Å². The first-order chi connectivity index (χ1) is 6.24. The summed E-state index contributed by atoms with van der Waals surface area (Å²) < 4.78 is 0. The van der Waals surface area contributed by atoms with Crippen LogP contribution in [-0.4, -0.2) is 29.0 Å². The molecule has 3 nitrogen and oxygen atoms in total. The van der Waals surface area contributed by atoms with Gasteiger partial charge in [0.25, 0.3) is 0 Å². The summed E-state index contributed by atoms with van der Waals surface area (Å²) in [5.74, 6) is 0. The standard InChI is InChI=1S/C10H15N3/c1-8-2-9(4-12-3-8)5-13-6-10(11)7-13/h2-4,10H,5-7,11H2,1H3. The van der Waals surface area contributed by atoms with E-state index in [-0.39, 0.29) is 0 Å². The Kier molecular flexibility index (Phi) is 2.29. The van der Waals surface area contributed by atoms with Crippen molar-refractivity contribution < 1.29 is 0 Å². The van der Waals surface area contributed by atoms with Crippen LogP contribution in [0.5, 0.6) is 0 Å². The lowest BCUT2D eigenvalue weighted by atomic mass is 10.1. The van der Waals surface area contributed by atoms with Crippen LogP contribution < -0.4 is 5.73 Å². The fourth-order valence-corrected chi connectivity index (χ4v) is 1.70. The lowest BCUT2D eigenvalue weighted by molar-refractivity contribution is 0.142. The number of hydrogen-bond acceptors (Lipinski definition) is 3. The van der Waals surface area contributed by atoms with Crippen LogP contribution in [0.1, 0.15) is 11.1 Å². The molecule has 3 heteroatoms. The minimum Gasteiger partial charge on any atom is -0.325 e. The smallest absolute Gasteiger partial charge is 0.0313 e. The average molecular weight is 177 g/mol. The molecule has 0 amide bonds. The number of nitrogens with two attached hydrogens (primary N) is 1. The fourth-order valence-electron chi connectivity index (χ4n) is 1.70. The Morgan fingerprint density at radius 1 is 1.54 bits per heavy atom. The van der Waals surface area contributed by atoms with Gasteiger partial charge in [-0.15, -0.1) is 0 Å². The third-order valence-corrected chi connectivity index (χ3v) is 2.32. The van der Waals surface area contributed by atoms with Crippen molar-refractivity contribution in [3.05, 3.63) is 29.6 Å². The van der Waals surface area contributed by atoms with Crippen LogP contribution in [-0.2, 0) is 6.54 Å². The van der Waals surface area contributed by atoms with Crippen LogP contribution in [0.2, 0.25) is 0 Å². The Labute approximate surface area is 78.6 Å². The predicted octanol–water partition coefficient (Wildman–Crippen LogP) is 0.533. The van der Waals surface area contributed by atoms with E-state index in [0.717, 1.165) is 19.6 Å². The molecule has 1 aromatic rings. The van der Waals surface area contributed by atoms with Crippen molar-refractivity contribution in [2.75, 3.05) is 13.1 Å². The molecule has 0 radical (unpaired) electrons. The highest BCUT2D eigenvalue weighted by molar-refractivity contribution is 5.16. The van der Waals surface area contributed by atoms with Crippen LogP contribution >= 0.6 is 0 Å². The highest BCUT2D eigenvalue weighted by Gasteiger charge is 2.22. The summed E-state index contributed by atoms with van der Waals surface area (Å²) in [6.07, 6.45) is 3.81. The summed E-state index contributed by atoms with van der Waals surface area (Å²) in [6, 6.07) is 2.56. The molecule has 70 valence electrons. The van der Waals surface area contributed by atoms with Crippen molar-refractivity contribution in [1.29, 1.82) is 0 Å². The quantitative estimate of drug-likeness (QED) is 0.716. The summed E-state index contributed by atoms with van der Waals surface area (Å²) in [5, 5.41) is 0. The number of aryl methyl sites for hydroxylation is 1. The molecule has 1 aromatic heterocycles. The van der Waals surface area contributed by atoms with Crippen LogP contribution in [0.3, 0.4) is 0 Å². The van der Waals surface area contributed by atoms with Crippen LogP contribution in [0.25, 0.3) is 0 Å². The molecular weight excluding hydrogens is 162 g/mol. The highest BCUT2D eigenvalue weighted by atomic mass is 15.2. The number of hydrogen-bond donors (Lipinski definition) is 1. The first-order valence-corrected chi connectivity index (χ1v) is 4.62. The molecule has 1 aliphatic heterocycles. The molecule has 0 saturated carbocycles. The second-order valence-electron chi connectivity index (χ2n) is 3.82. The maximum absolute atomic E-state index is 5.70. The normalized spacial score (nSPS) is 18.6. The molecule has 0 unspecified atom stereocenters. The number of rotatable bonds is 2. The molecule has 2 rings (SSSR count). The van der Waals surface area contributed by atoms with Gasteiger partial charge in [-0.3, -0.25) is 9.88 Å². The summed E-state index contributed by atoms with van der Waals surface area (Å²) in [7, 11) is 0. The number of likely N-dealkylation sites (tertiary alicyclic amines) is 1. The zero-order valence-corrected chi connectivity index (χ0v) is 7.90. The molecule has 0 aliphatic carbocycles. The molecule has 13 heavy (non-hydrogen) atoms. The van der Waals surface area contributed by atoms with Gasteiger partial charge in [0, 0.05) is 38.1 Å². The molecular formula is C10H15N3. The van der Waals surface area contributed by atoms with E-state index in [2.05, 4.69) is 22.9 Å². The monoisotopic (exact) mass is 177 g/mol. The molecule has 0 aromatic carbocycles. The lowest BCUT2D eigenvalue weighted by Gasteiger charge is -2.36. The van der Waals surface area contributed by atoms with Gasteiger partial charge in [0.15, 0.2) is 0 Å². The predicted molar refractivity (Wildman–Crippen MR) is 52.2 cm³/mol. The summed E-state index contributed by atoms with van der Waals surface area (Å²) >= 11 is 0. The van der Waals surface area contributed by atoms with Gasteiger partial charge in [-0.05, 0) is 18.1 Å². The average Bonchev–Trinajstić information content (AvgIpc) is 2.01. The van der Waals surface area contributed by atoms with E-state index >= 15 is 0 Å². The van der Waals surface area contributed by atoms with Crippen molar-refractivity contribution in [3.63, 3.8) is 0 Å². The maximum Gasteiger partial charge on any atom is 0.0313 e. The zero-order chi connectivity index (χ0) is 9.26. The minimum atomic E-state index is 0.387. The Morgan fingerprint density at radius 3 is 2.92 bits per heavy atom. The first-order valence-electron chi connectivity index (χ1n) is 4.62. The van der Waals surface area contributed by atoms with Crippen molar-refractivity contribution in [1.82, 2.24) is 9.88 Å². The molecule has 2 heterocycles. The second-order valence-corrected chi connectivity index (χ2v) is 3.82. The summed E-state index contributed by atoms with van der Waals surface area (Å²) in [4.78, 5) is 6.49. The molecule has 1 aliphatic rings. The van der Waals surface area contributed by atoms with Gasteiger partial charge >= 0.3 is 0 Å². The summed E-state index contributed by atoms with van der Waals surface area (Å²) in [6.45, 7) is 5.10. The topological polar surface area (TPSA) is 42.2 Å².